The first-order valence-corrected chi connectivity index (χ1v) is 5.77. The summed E-state index contributed by atoms with van der Waals surface area (Å²) in [5.41, 5.74) is 2.24. The molecule has 0 bridgehead atoms. The van der Waals surface area contributed by atoms with Gasteiger partial charge in [-0.15, -0.1) is 0 Å². The predicted molar refractivity (Wildman–Crippen MR) is 72.4 cm³/mol. The van der Waals surface area contributed by atoms with Crippen molar-refractivity contribution < 1.29 is 4.79 Å². The lowest BCUT2D eigenvalue weighted by atomic mass is 10.2. The molecule has 0 radical (unpaired) electrons. The van der Waals surface area contributed by atoms with Gasteiger partial charge in [-0.05, 0) is 30.3 Å². The van der Waals surface area contributed by atoms with Gasteiger partial charge >= 0.3 is 0 Å². The molecular weight excluding hydrogens is 250 g/mol. The topological polar surface area (TPSA) is 54.0 Å². The average molecular weight is 262 g/mol. The molecule has 0 atom stereocenters. The highest BCUT2D eigenvalue weighted by molar-refractivity contribution is 6.29. The molecule has 2 N–H and O–H groups in total. The number of hydrogen-bond acceptors (Lipinski definition) is 3. The Hall–Kier alpha value is -2.07. The van der Waals surface area contributed by atoms with E-state index < -0.39 is 0 Å². The Morgan fingerprint density at radius 3 is 2.72 bits per heavy atom. The molecule has 1 aromatic carbocycles. The third kappa shape index (κ3) is 2.99. The van der Waals surface area contributed by atoms with Crippen LogP contribution in [0.2, 0.25) is 5.15 Å². The minimum Gasteiger partial charge on any atom is -0.355 e. The maximum atomic E-state index is 11.5. The van der Waals surface area contributed by atoms with E-state index in [2.05, 4.69) is 15.6 Å². The zero-order valence-electron chi connectivity index (χ0n) is 9.77. The minimum atomic E-state index is -0.119. The van der Waals surface area contributed by atoms with Crippen molar-refractivity contribution in [3.63, 3.8) is 0 Å². The summed E-state index contributed by atoms with van der Waals surface area (Å²) in [7, 11) is 1.60. The van der Waals surface area contributed by atoms with E-state index in [0.29, 0.717) is 10.7 Å². The molecule has 0 fully saturated rings. The fraction of sp³-hybridized carbons (Fsp3) is 0.0769. The van der Waals surface area contributed by atoms with Crippen molar-refractivity contribution in [2.45, 2.75) is 0 Å². The first-order chi connectivity index (χ1) is 8.69. The summed E-state index contributed by atoms with van der Waals surface area (Å²) in [5, 5.41) is 6.16. The zero-order chi connectivity index (χ0) is 13.0. The van der Waals surface area contributed by atoms with Gasteiger partial charge in [0, 0.05) is 30.2 Å². The molecule has 1 heterocycles. The molecule has 2 aromatic rings. The molecule has 18 heavy (non-hydrogen) atoms. The number of hydrogen-bond donors (Lipinski definition) is 2. The maximum Gasteiger partial charge on any atom is 0.251 e. The van der Waals surface area contributed by atoms with Gasteiger partial charge in [0.15, 0.2) is 0 Å². The average Bonchev–Trinajstić information content (AvgIpc) is 2.38. The molecule has 1 amide bonds. The van der Waals surface area contributed by atoms with Gasteiger partial charge in [0.1, 0.15) is 5.15 Å². The normalized spacial score (nSPS) is 9.89. The SMILES string of the molecule is CNC(=O)c1cccc(Nc2ccnc(Cl)c2)c1. The highest BCUT2D eigenvalue weighted by atomic mass is 35.5. The number of rotatable bonds is 3. The molecule has 0 spiro atoms. The molecule has 2 rings (SSSR count). The number of benzene rings is 1. The lowest BCUT2D eigenvalue weighted by molar-refractivity contribution is 0.0963. The molecule has 4 nitrogen and oxygen atoms in total. The molecule has 0 saturated heterocycles. The van der Waals surface area contributed by atoms with E-state index in [-0.39, 0.29) is 5.91 Å². The Morgan fingerprint density at radius 2 is 2.00 bits per heavy atom. The van der Waals surface area contributed by atoms with E-state index in [9.17, 15) is 4.79 Å². The second kappa shape index (κ2) is 5.51. The van der Waals surface area contributed by atoms with E-state index in [1.165, 1.54) is 0 Å². The van der Waals surface area contributed by atoms with E-state index in [0.717, 1.165) is 11.4 Å². The van der Waals surface area contributed by atoms with Crippen LogP contribution in [0.3, 0.4) is 0 Å². The minimum absolute atomic E-state index is 0.119. The largest absolute Gasteiger partial charge is 0.355 e. The van der Waals surface area contributed by atoms with Gasteiger partial charge in [0.05, 0.1) is 0 Å². The van der Waals surface area contributed by atoms with Gasteiger partial charge in [0.25, 0.3) is 5.91 Å². The van der Waals surface area contributed by atoms with Gasteiger partial charge in [-0.1, -0.05) is 17.7 Å². The number of halogens is 1. The van der Waals surface area contributed by atoms with Crippen LogP contribution in [-0.4, -0.2) is 17.9 Å². The predicted octanol–water partition coefficient (Wildman–Crippen LogP) is 2.84. The number of carbonyl (C=O) groups excluding carboxylic acids is 1. The van der Waals surface area contributed by atoms with Crippen molar-refractivity contribution in [3.8, 4) is 0 Å². The Balaban J connectivity index is 2.22. The second-order valence-electron chi connectivity index (χ2n) is 3.65. The maximum absolute atomic E-state index is 11.5. The zero-order valence-corrected chi connectivity index (χ0v) is 10.5. The van der Waals surface area contributed by atoms with Crippen LogP contribution in [0.5, 0.6) is 0 Å². The quantitative estimate of drug-likeness (QED) is 0.836. The number of anilines is 2. The molecule has 0 aliphatic carbocycles. The number of carbonyl (C=O) groups is 1. The Kier molecular flexibility index (Phi) is 3.79. The van der Waals surface area contributed by atoms with Crippen LogP contribution in [0.4, 0.5) is 11.4 Å². The van der Waals surface area contributed by atoms with Crippen molar-refractivity contribution in [1.82, 2.24) is 10.3 Å². The third-order valence-corrected chi connectivity index (χ3v) is 2.57. The van der Waals surface area contributed by atoms with Crippen molar-refractivity contribution in [3.05, 3.63) is 53.3 Å². The van der Waals surface area contributed by atoms with Gasteiger partial charge in [0.2, 0.25) is 0 Å². The van der Waals surface area contributed by atoms with E-state index in [1.54, 1.807) is 37.5 Å². The lowest BCUT2D eigenvalue weighted by Crippen LogP contribution is -2.17. The Labute approximate surface area is 110 Å². The summed E-state index contributed by atoms with van der Waals surface area (Å²) in [6, 6.07) is 10.7. The number of amides is 1. The van der Waals surface area contributed by atoms with Crippen LogP contribution in [0, 0.1) is 0 Å². The fourth-order valence-corrected chi connectivity index (χ4v) is 1.70. The number of nitrogens with zero attached hydrogens (tertiary/aromatic N) is 1. The highest BCUT2D eigenvalue weighted by Gasteiger charge is 2.03. The summed E-state index contributed by atoms with van der Waals surface area (Å²) >= 11 is 5.80. The molecule has 5 heteroatoms. The molecule has 0 aliphatic heterocycles. The molecule has 92 valence electrons. The van der Waals surface area contributed by atoms with Gasteiger partial charge in [-0.25, -0.2) is 4.98 Å². The Morgan fingerprint density at radius 1 is 1.22 bits per heavy atom. The number of pyridine rings is 1. The lowest BCUT2D eigenvalue weighted by Gasteiger charge is -2.08. The van der Waals surface area contributed by atoms with Crippen molar-refractivity contribution in [2.24, 2.45) is 0 Å². The summed E-state index contributed by atoms with van der Waals surface area (Å²) in [6.45, 7) is 0. The van der Waals surface area contributed by atoms with E-state index in [1.807, 2.05) is 12.1 Å². The molecule has 1 aromatic heterocycles. The van der Waals surface area contributed by atoms with Gasteiger partial charge < -0.3 is 10.6 Å². The van der Waals surface area contributed by atoms with E-state index in [4.69, 9.17) is 11.6 Å². The highest BCUT2D eigenvalue weighted by Crippen LogP contribution is 2.19. The molecular formula is C13H12ClN3O. The van der Waals surface area contributed by atoms with Gasteiger partial charge in [-0.3, -0.25) is 4.79 Å². The van der Waals surface area contributed by atoms with Crippen LogP contribution < -0.4 is 10.6 Å². The van der Waals surface area contributed by atoms with Crippen LogP contribution in [-0.2, 0) is 0 Å². The summed E-state index contributed by atoms with van der Waals surface area (Å²) < 4.78 is 0. The fourth-order valence-electron chi connectivity index (χ4n) is 1.53. The standard InChI is InChI=1S/C13H12ClN3O/c1-15-13(18)9-3-2-4-10(7-9)17-11-5-6-16-12(14)8-11/h2-8H,1H3,(H,15,18)(H,16,17). The Bertz CT molecular complexity index is 572. The first kappa shape index (κ1) is 12.4. The van der Waals surface area contributed by atoms with Crippen molar-refractivity contribution >= 4 is 28.9 Å². The summed E-state index contributed by atoms with van der Waals surface area (Å²) in [6.07, 6.45) is 1.62. The molecule has 0 saturated carbocycles. The smallest absolute Gasteiger partial charge is 0.251 e. The molecule has 0 aliphatic rings. The summed E-state index contributed by atoms with van der Waals surface area (Å²) in [4.78, 5) is 15.4. The van der Waals surface area contributed by atoms with Crippen LogP contribution in [0.1, 0.15) is 10.4 Å². The van der Waals surface area contributed by atoms with Crippen LogP contribution >= 0.6 is 11.6 Å². The molecule has 0 unspecified atom stereocenters. The first-order valence-electron chi connectivity index (χ1n) is 5.40. The van der Waals surface area contributed by atoms with Crippen LogP contribution in [0.15, 0.2) is 42.6 Å². The van der Waals surface area contributed by atoms with Crippen molar-refractivity contribution in [2.75, 3.05) is 12.4 Å². The van der Waals surface area contributed by atoms with Crippen LogP contribution in [0.25, 0.3) is 0 Å². The summed E-state index contributed by atoms with van der Waals surface area (Å²) in [5.74, 6) is -0.119. The third-order valence-electron chi connectivity index (χ3n) is 2.37. The number of nitrogens with one attached hydrogen (secondary N) is 2. The second-order valence-corrected chi connectivity index (χ2v) is 4.04. The van der Waals surface area contributed by atoms with Gasteiger partial charge in [-0.2, -0.15) is 0 Å². The monoisotopic (exact) mass is 261 g/mol. The van der Waals surface area contributed by atoms with Crippen molar-refractivity contribution in [1.29, 1.82) is 0 Å². The number of aromatic nitrogens is 1. The van der Waals surface area contributed by atoms with E-state index >= 15 is 0 Å².